The minimum atomic E-state index is 0.0672. The molecule has 1 heterocycles. The molecule has 3 rings (SSSR count). The number of hydrogen-bond acceptors (Lipinski definition) is 5. The normalized spacial score (nSPS) is 27.1. The van der Waals surface area contributed by atoms with Gasteiger partial charge in [0.25, 0.3) is 0 Å². The van der Waals surface area contributed by atoms with Crippen LogP contribution in [0.4, 0.5) is 0 Å². The van der Waals surface area contributed by atoms with Crippen molar-refractivity contribution in [2.24, 2.45) is 10.4 Å². The number of hydrogen-bond donors (Lipinski definition) is 2. The van der Waals surface area contributed by atoms with Crippen LogP contribution in [-0.2, 0) is 14.3 Å². The summed E-state index contributed by atoms with van der Waals surface area (Å²) in [5.41, 5.74) is 0.300. The van der Waals surface area contributed by atoms with Gasteiger partial charge in [-0.25, -0.2) is 0 Å². The molecule has 2 atom stereocenters. The highest BCUT2D eigenvalue weighted by molar-refractivity contribution is 5.81. The third kappa shape index (κ3) is 5.22. The molecule has 2 N–H and O–H groups in total. The Morgan fingerprint density at radius 2 is 1.93 bits per heavy atom. The first-order valence-electron chi connectivity index (χ1n) is 11.2. The van der Waals surface area contributed by atoms with Gasteiger partial charge in [0, 0.05) is 64.9 Å². The molecule has 1 spiro atoms. The molecule has 3 aliphatic rings. The van der Waals surface area contributed by atoms with Gasteiger partial charge in [-0.05, 0) is 26.2 Å². The molecule has 2 unspecified atom stereocenters. The predicted molar refractivity (Wildman–Crippen MR) is 114 cm³/mol. The summed E-state index contributed by atoms with van der Waals surface area (Å²) in [6.07, 6.45) is 6.63. The lowest BCUT2D eigenvalue weighted by molar-refractivity contribution is -0.126. The molecule has 2 saturated carbocycles. The molecule has 29 heavy (non-hydrogen) atoms. The summed E-state index contributed by atoms with van der Waals surface area (Å²) in [6, 6.07) is 0.463. The van der Waals surface area contributed by atoms with E-state index in [9.17, 15) is 4.79 Å². The molecule has 0 aromatic rings. The van der Waals surface area contributed by atoms with Crippen LogP contribution in [0.25, 0.3) is 0 Å². The smallest absolute Gasteiger partial charge is 0.234 e. The van der Waals surface area contributed by atoms with E-state index in [1.165, 1.54) is 25.7 Å². The van der Waals surface area contributed by atoms with Crippen LogP contribution >= 0.6 is 0 Å². The predicted octanol–water partition coefficient (Wildman–Crippen LogP) is 0.680. The van der Waals surface area contributed by atoms with Gasteiger partial charge in [-0.3, -0.25) is 14.7 Å². The van der Waals surface area contributed by atoms with Crippen LogP contribution in [0.15, 0.2) is 4.99 Å². The molecule has 0 bridgehead atoms. The van der Waals surface area contributed by atoms with Crippen molar-refractivity contribution in [1.82, 2.24) is 20.4 Å². The Morgan fingerprint density at radius 1 is 1.21 bits per heavy atom. The van der Waals surface area contributed by atoms with E-state index in [0.29, 0.717) is 37.3 Å². The first kappa shape index (κ1) is 22.3. The molecule has 3 fully saturated rings. The average molecular weight is 410 g/mol. The molecular formula is C21H39N5O3. The van der Waals surface area contributed by atoms with E-state index in [4.69, 9.17) is 9.47 Å². The highest BCUT2D eigenvalue weighted by atomic mass is 16.5. The number of amides is 1. The van der Waals surface area contributed by atoms with Crippen molar-refractivity contribution in [3.05, 3.63) is 0 Å². The monoisotopic (exact) mass is 409 g/mol. The number of guanidine groups is 1. The zero-order valence-corrected chi connectivity index (χ0v) is 18.4. The van der Waals surface area contributed by atoms with E-state index in [0.717, 1.165) is 45.2 Å². The minimum absolute atomic E-state index is 0.0672. The maximum Gasteiger partial charge on any atom is 0.234 e. The van der Waals surface area contributed by atoms with Crippen molar-refractivity contribution in [3.63, 3.8) is 0 Å². The second kappa shape index (κ2) is 10.6. The third-order valence-corrected chi connectivity index (χ3v) is 6.87. The van der Waals surface area contributed by atoms with Crippen LogP contribution in [0.1, 0.15) is 39.0 Å². The minimum Gasteiger partial charge on any atom is -0.383 e. The Kier molecular flexibility index (Phi) is 8.15. The lowest BCUT2D eigenvalue weighted by Crippen LogP contribution is -2.66. The summed E-state index contributed by atoms with van der Waals surface area (Å²) in [6.45, 7) is 7.98. The summed E-state index contributed by atoms with van der Waals surface area (Å²) >= 11 is 0. The van der Waals surface area contributed by atoms with Crippen LogP contribution in [-0.4, -0.2) is 100 Å². The molecule has 166 valence electrons. The molecule has 0 aromatic carbocycles. The van der Waals surface area contributed by atoms with E-state index in [1.807, 2.05) is 7.05 Å². The van der Waals surface area contributed by atoms with Crippen molar-refractivity contribution in [2.75, 3.05) is 66.6 Å². The number of nitrogens with one attached hydrogen (secondary N) is 2. The van der Waals surface area contributed by atoms with Crippen molar-refractivity contribution in [3.8, 4) is 0 Å². The average Bonchev–Trinajstić information content (AvgIpc) is 3.24. The van der Waals surface area contributed by atoms with Crippen LogP contribution < -0.4 is 10.6 Å². The Morgan fingerprint density at radius 3 is 2.55 bits per heavy atom. The number of rotatable bonds is 8. The van der Waals surface area contributed by atoms with Crippen LogP contribution in [0.3, 0.4) is 0 Å². The summed E-state index contributed by atoms with van der Waals surface area (Å²) in [5, 5.41) is 6.66. The van der Waals surface area contributed by atoms with E-state index >= 15 is 0 Å². The molecule has 8 nitrogen and oxygen atoms in total. The lowest BCUT2D eigenvalue weighted by Gasteiger charge is -2.55. The van der Waals surface area contributed by atoms with E-state index in [1.54, 1.807) is 7.11 Å². The number of carbonyl (C=O) groups excluding carboxylic acids is 1. The van der Waals surface area contributed by atoms with E-state index < -0.39 is 0 Å². The third-order valence-electron chi connectivity index (χ3n) is 6.87. The zero-order valence-electron chi connectivity index (χ0n) is 18.4. The Labute approximate surface area is 175 Å². The van der Waals surface area contributed by atoms with Crippen molar-refractivity contribution >= 4 is 11.9 Å². The molecule has 0 radical (unpaired) electrons. The number of piperazine rings is 1. The zero-order chi connectivity index (χ0) is 20.7. The second-order valence-electron chi connectivity index (χ2n) is 8.47. The Hall–Kier alpha value is -1.38. The fourth-order valence-electron chi connectivity index (χ4n) is 5.21. The van der Waals surface area contributed by atoms with Crippen molar-refractivity contribution in [2.45, 2.75) is 51.2 Å². The fourth-order valence-corrected chi connectivity index (χ4v) is 5.21. The molecular weight excluding hydrogens is 370 g/mol. The highest BCUT2D eigenvalue weighted by Gasteiger charge is 2.57. The topological polar surface area (TPSA) is 78.4 Å². The van der Waals surface area contributed by atoms with Gasteiger partial charge in [-0.1, -0.05) is 12.8 Å². The molecule has 1 amide bonds. The lowest BCUT2D eigenvalue weighted by atomic mass is 9.60. The largest absolute Gasteiger partial charge is 0.383 e. The number of ether oxygens (including phenoxy) is 2. The van der Waals surface area contributed by atoms with Gasteiger partial charge in [-0.2, -0.15) is 0 Å². The van der Waals surface area contributed by atoms with Gasteiger partial charge in [0.2, 0.25) is 5.91 Å². The van der Waals surface area contributed by atoms with Gasteiger partial charge in [0.1, 0.15) is 0 Å². The molecule has 8 heteroatoms. The van der Waals surface area contributed by atoms with Gasteiger partial charge in [0.15, 0.2) is 5.96 Å². The van der Waals surface area contributed by atoms with Crippen molar-refractivity contribution < 1.29 is 14.3 Å². The molecule has 2 aliphatic carbocycles. The second-order valence-corrected chi connectivity index (χ2v) is 8.47. The first-order valence-corrected chi connectivity index (χ1v) is 11.2. The van der Waals surface area contributed by atoms with Gasteiger partial charge < -0.3 is 25.0 Å². The molecule has 1 aliphatic heterocycles. The Bertz CT molecular complexity index is 557. The fraction of sp³-hybridized carbons (Fsp3) is 0.905. The number of methoxy groups -OCH3 is 1. The molecule has 1 saturated heterocycles. The highest BCUT2D eigenvalue weighted by Crippen LogP contribution is 2.54. The van der Waals surface area contributed by atoms with Gasteiger partial charge in [-0.15, -0.1) is 0 Å². The number of carbonyl (C=O) groups is 1. The SMILES string of the molecule is CCOC1CC(NC(=NC)N2CCN(CC(=O)NCCOC)CC2)C12CCCC2. The molecule has 0 aromatic heterocycles. The van der Waals surface area contributed by atoms with E-state index in [2.05, 4.69) is 32.3 Å². The maximum absolute atomic E-state index is 12.0. The summed E-state index contributed by atoms with van der Waals surface area (Å²) in [7, 11) is 3.51. The summed E-state index contributed by atoms with van der Waals surface area (Å²) in [4.78, 5) is 21.1. The van der Waals surface area contributed by atoms with Gasteiger partial charge >= 0.3 is 0 Å². The van der Waals surface area contributed by atoms with Crippen LogP contribution in [0, 0.1) is 5.41 Å². The van der Waals surface area contributed by atoms with Crippen LogP contribution in [0.2, 0.25) is 0 Å². The van der Waals surface area contributed by atoms with E-state index in [-0.39, 0.29) is 5.91 Å². The Balaban J connectivity index is 1.45. The maximum atomic E-state index is 12.0. The first-order chi connectivity index (χ1) is 14.1. The van der Waals surface area contributed by atoms with Crippen molar-refractivity contribution in [1.29, 1.82) is 0 Å². The number of nitrogens with zero attached hydrogens (tertiary/aromatic N) is 3. The van der Waals surface area contributed by atoms with Gasteiger partial charge in [0.05, 0.1) is 19.3 Å². The summed E-state index contributed by atoms with van der Waals surface area (Å²) < 4.78 is 11.0. The number of aliphatic imine (C=N–C) groups is 1. The standard InChI is InChI=1S/C21H39N5O3/c1-4-29-18-15-17(21(18)7-5-6-8-21)24-20(22-2)26-12-10-25(11-13-26)16-19(27)23-9-14-28-3/h17-18H,4-16H2,1-3H3,(H,22,24)(H,23,27). The van der Waals surface area contributed by atoms with Crippen LogP contribution in [0.5, 0.6) is 0 Å². The quantitative estimate of drug-likeness (QED) is 0.349. The summed E-state index contributed by atoms with van der Waals surface area (Å²) in [5.74, 6) is 1.07.